The lowest BCUT2D eigenvalue weighted by atomic mass is 10.1. The summed E-state index contributed by atoms with van der Waals surface area (Å²) in [4.78, 5) is 51.0. The van der Waals surface area contributed by atoms with E-state index in [4.69, 9.17) is 28.4 Å². The molecule has 2 N–H and O–H groups in total. The average molecular weight is 819 g/mol. The zero-order chi connectivity index (χ0) is 41.1. The Labute approximate surface area is 345 Å². The number of anilines is 2. The maximum Gasteiger partial charge on any atom is 0.256 e. The first-order chi connectivity index (χ1) is 28.4. The normalized spacial score (nSPS) is 25.8. The molecular formula is C42H46N10O8. The number of nitrogens with zero attached hydrogens (tertiary/aromatic N) is 8. The Morgan fingerprint density at radius 1 is 0.667 bits per heavy atom. The molecule has 0 saturated carbocycles. The van der Waals surface area contributed by atoms with E-state index in [0.29, 0.717) is 50.8 Å². The van der Waals surface area contributed by atoms with E-state index in [0.717, 1.165) is 6.42 Å². The minimum absolute atomic E-state index is 0. The van der Waals surface area contributed by atoms with Gasteiger partial charge >= 0.3 is 0 Å². The molecule has 2 aromatic carbocycles. The van der Waals surface area contributed by atoms with Crippen molar-refractivity contribution in [2.45, 2.75) is 103 Å². The number of fused-ring (bicyclic) bond motifs is 4. The molecule has 0 spiro atoms. The van der Waals surface area contributed by atoms with Crippen LogP contribution in [-0.4, -0.2) is 92.9 Å². The maximum atomic E-state index is 12.6. The van der Waals surface area contributed by atoms with Crippen LogP contribution in [0.3, 0.4) is 0 Å². The van der Waals surface area contributed by atoms with Crippen molar-refractivity contribution >= 4 is 45.8 Å². The molecule has 312 valence electrons. The summed E-state index contributed by atoms with van der Waals surface area (Å²) in [6, 6.07) is 17.8. The zero-order valence-electron chi connectivity index (χ0n) is 32.9. The number of benzene rings is 2. The molecule has 18 nitrogen and oxygen atoms in total. The minimum Gasteiger partial charge on any atom is -0.469 e. The van der Waals surface area contributed by atoms with E-state index < -0.39 is 24.0 Å². The molecule has 7 atom stereocenters. The van der Waals surface area contributed by atoms with Gasteiger partial charge in [-0.15, -0.1) is 0 Å². The lowest BCUT2D eigenvalue weighted by Gasteiger charge is -2.24. The number of carbonyl (C=O) groups is 2. The molecule has 4 aliphatic rings. The summed E-state index contributed by atoms with van der Waals surface area (Å²) in [5, 5.41) is 5.61. The Balaban J connectivity index is 0.000000164. The predicted molar refractivity (Wildman–Crippen MR) is 217 cm³/mol. The molecule has 0 bridgehead atoms. The Bertz CT molecular complexity index is 2550. The third-order valence-electron chi connectivity index (χ3n) is 10.3. The quantitative estimate of drug-likeness (QED) is 0.185. The molecule has 60 heavy (non-hydrogen) atoms. The Morgan fingerprint density at radius 3 is 1.68 bits per heavy atom. The number of imidazole rings is 2. The summed E-state index contributed by atoms with van der Waals surface area (Å²) in [6.45, 7) is 13.5. The second-order valence-corrected chi connectivity index (χ2v) is 15.3. The second kappa shape index (κ2) is 15.8. The van der Waals surface area contributed by atoms with Gasteiger partial charge in [0.1, 0.15) is 43.1 Å². The fraction of sp³-hybridized carbons (Fsp3) is 0.381. The summed E-state index contributed by atoms with van der Waals surface area (Å²) in [5.74, 6) is -0.786. The van der Waals surface area contributed by atoms with E-state index in [1.807, 2.05) is 56.5 Å². The van der Waals surface area contributed by atoms with Crippen LogP contribution in [0.5, 0.6) is 0 Å². The van der Waals surface area contributed by atoms with Crippen LogP contribution in [0.2, 0.25) is 0 Å². The van der Waals surface area contributed by atoms with Crippen molar-refractivity contribution in [3.8, 4) is 0 Å². The number of aromatic nitrogens is 8. The van der Waals surface area contributed by atoms with E-state index >= 15 is 0 Å². The molecule has 2 unspecified atom stereocenters. The SMILES string of the molecule is C.C=C1O[C@@H](n2cnc3c(NC(=O)c4ccccc4)ncnc32)[C@H]2OC(C)(C)OC12.CC[C@H]1O[C@@H](n2cnc3c(NC(=O)c4ccccc4)ncnc32)[C@H]2OC(C)(C)OC12. The van der Waals surface area contributed by atoms with Gasteiger partial charge in [0.25, 0.3) is 11.8 Å². The Morgan fingerprint density at radius 2 is 1.15 bits per heavy atom. The highest BCUT2D eigenvalue weighted by Crippen LogP contribution is 2.46. The zero-order valence-corrected chi connectivity index (χ0v) is 32.9. The van der Waals surface area contributed by atoms with Crippen LogP contribution >= 0.6 is 0 Å². The number of amides is 2. The van der Waals surface area contributed by atoms with Crippen LogP contribution in [0.25, 0.3) is 22.3 Å². The third kappa shape index (κ3) is 7.47. The highest BCUT2D eigenvalue weighted by molar-refractivity contribution is 6.07. The van der Waals surface area contributed by atoms with Crippen LogP contribution in [0.1, 0.15) is 81.6 Å². The van der Waals surface area contributed by atoms with Crippen molar-refractivity contribution < 1.29 is 38.0 Å². The summed E-state index contributed by atoms with van der Waals surface area (Å²) in [6.07, 6.45) is 4.57. The molecule has 4 aromatic heterocycles. The first-order valence-electron chi connectivity index (χ1n) is 19.2. The Kier molecular flexibility index (Phi) is 10.7. The van der Waals surface area contributed by atoms with Crippen molar-refractivity contribution in [3.05, 3.63) is 109 Å². The molecule has 2 amide bonds. The molecule has 0 aliphatic carbocycles. The summed E-state index contributed by atoms with van der Waals surface area (Å²) < 4.78 is 39.8. The number of hydrogen-bond donors (Lipinski definition) is 2. The largest absolute Gasteiger partial charge is 0.469 e. The van der Waals surface area contributed by atoms with Crippen molar-refractivity contribution in [1.29, 1.82) is 0 Å². The van der Waals surface area contributed by atoms with Gasteiger partial charge in [0.05, 0.1) is 12.4 Å². The van der Waals surface area contributed by atoms with Gasteiger partial charge in [-0.25, -0.2) is 29.9 Å². The predicted octanol–water partition coefficient (Wildman–Crippen LogP) is 6.18. The van der Waals surface area contributed by atoms with Gasteiger partial charge in [-0.2, -0.15) is 0 Å². The third-order valence-corrected chi connectivity index (χ3v) is 10.3. The highest BCUT2D eigenvalue weighted by Gasteiger charge is 2.56. The first kappa shape index (κ1) is 40.6. The van der Waals surface area contributed by atoms with Crippen LogP contribution in [0.4, 0.5) is 11.6 Å². The van der Waals surface area contributed by atoms with Gasteiger partial charge in [-0.05, 0) is 58.4 Å². The lowest BCUT2D eigenvalue weighted by Crippen LogP contribution is -2.28. The second-order valence-electron chi connectivity index (χ2n) is 15.3. The van der Waals surface area contributed by atoms with Gasteiger partial charge in [0.2, 0.25) is 6.23 Å². The summed E-state index contributed by atoms with van der Waals surface area (Å²) in [5.41, 5.74) is 3.07. The van der Waals surface area contributed by atoms with Crippen LogP contribution in [-0.2, 0) is 28.4 Å². The smallest absolute Gasteiger partial charge is 0.256 e. The van der Waals surface area contributed by atoms with Gasteiger partial charge in [0.15, 0.2) is 57.9 Å². The monoisotopic (exact) mass is 818 g/mol. The lowest BCUT2D eigenvalue weighted by molar-refractivity contribution is -0.196. The molecule has 6 aromatic rings. The molecule has 18 heteroatoms. The fourth-order valence-corrected chi connectivity index (χ4v) is 7.76. The van der Waals surface area contributed by atoms with Gasteiger partial charge in [-0.3, -0.25) is 18.7 Å². The van der Waals surface area contributed by atoms with Crippen molar-refractivity contribution in [1.82, 2.24) is 39.0 Å². The molecule has 8 heterocycles. The number of nitrogens with one attached hydrogen (secondary N) is 2. The Hall–Kier alpha value is -6.18. The number of rotatable bonds is 7. The summed E-state index contributed by atoms with van der Waals surface area (Å²) in [7, 11) is 0. The van der Waals surface area contributed by atoms with Gasteiger partial charge in [-0.1, -0.05) is 57.3 Å². The standard InChI is InChI=1S/C21H23N5O4.C20H19N5O4.CH4/c1-4-13-15-16(30-21(2,3)29-15)20(28-13)26-11-24-14-17(22-10-23-18(14)26)25-19(27)12-8-6-5-7-9-12;1-11-14-15(29-20(2,3)28-14)19(27-11)25-10-23-13-16(21-9-22-17(13)25)24-18(26)12-7-5-4-6-8-12;/h5-11,13,15-16,20H,4H2,1-3H3,(H,22,23,25,27);4-10,14-15,19H,1H2,2-3H3,(H,21,22,24,26);1H4/t13-,15?,16+,20-;14?,15-,19+;/m10./s1. The van der Waals surface area contributed by atoms with Crippen molar-refractivity contribution in [2.24, 2.45) is 0 Å². The maximum absolute atomic E-state index is 12.6. The molecule has 4 fully saturated rings. The van der Waals surface area contributed by atoms with Crippen molar-refractivity contribution in [3.63, 3.8) is 0 Å². The van der Waals surface area contributed by atoms with Gasteiger partial charge < -0.3 is 39.1 Å². The van der Waals surface area contributed by atoms with E-state index in [9.17, 15) is 9.59 Å². The highest BCUT2D eigenvalue weighted by atomic mass is 16.8. The average Bonchev–Trinajstić information content (AvgIpc) is 4.08. The van der Waals surface area contributed by atoms with Crippen LogP contribution in [0.15, 0.2) is 98.3 Å². The van der Waals surface area contributed by atoms with E-state index in [1.54, 1.807) is 53.6 Å². The first-order valence-corrected chi connectivity index (χ1v) is 19.2. The number of ether oxygens (including phenoxy) is 6. The van der Waals surface area contributed by atoms with Gasteiger partial charge in [0, 0.05) is 11.1 Å². The topological polar surface area (TPSA) is 201 Å². The number of carbonyl (C=O) groups excluding carboxylic acids is 2. The van der Waals surface area contributed by atoms with Crippen molar-refractivity contribution in [2.75, 3.05) is 10.6 Å². The molecule has 4 aliphatic heterocycles. The van der Waals surface area contributed by atoms with E-state index in [-0.39, 0.29) is 49.8 Å². The molecule has 10 rings (SSSR count). The number of hydrogen-bond acceptors (Lipinski definition) is 14. The molecule has 4 saturated heterocycles. The molecule has 0 radical (unpaired) electrons. The summed E-state index contributed by atoms with van der Waals surface area (Å²) >= 11 is 0. The minimum atomic E-state index is -0.736. The van der Waals surface area contributed by atoms with Crippen LogP contribution in [0, 0.1) is 0 Å². The van der Waals surface area contributed by atoms with Crippen LogP contribution < -0.4 is 10.6 Å². The molecular weight excluding hydrogens is 773 g/mol. The fourth-order valence-electron chi connectivity index (χ4n) is 7.76. The van der Waals surface area contributed by atoms with E-state index in [1.165, 1.54) is 12.7 Å². The van der Waals surface area contributed by atoms with E-state index in [2.05, 4.69) is 54.0 Å².